The van der Waals surface area contributed by atoms with Crippen LogP contribution in [0, 0.1) is 6.92 Å². The molecule has 0 spiro atoms. The van der Waals surface area contributed by atoms with E-state index in [9.17, 15) is 9.59 Å². The molecular formula is C9H14N2O3. The molecule has 14 heavy (non-hydrogen) atoms. The first-order valence-electron chi connectivity index (χ1n) is 4.47. The number of nitrogens with zero attached hydrogens (tertiary/aromatic N) is 2. The molecule has 78 valence electrons. The molecule has 5 heteroatoms. The number of imidazole rings is 1. The number of hydrogen-bond donors (Lipinski definition) is 1. The fourth-order valence-corrected chi connectivity index (χ4v) is 1.41. The van der Waals surface area contributed by atoms with Gasteiger partial charge in [0.25, 0.3) is 0 Å². The zero-order chi connectivity index (χ0) is 10.7. The predicted octanol–water partition coefficient (Wildman–Crippen LogP) is 0.360. The summed E-state index contributed by atoms with van der Waals surface area (Å²) in [5.41, 5.74) is 0.774. The highest BCUT2D eigenvalue weighted by atomic mass is 16.4. The van der Waals surface area contributed by atoms with Gasteiger partial charge in [0.2, 0.25) is 0 Å². The standard InChI is InChI=1S/C9H14N2O3/c1-7-6-10(2)9(14)11(7)5-3-4-8(12)13/h6H,3-5H2,1-2H3,(H,12,13). The van der Waals surface area contributed by atoms with Gasteiger partial charge in [0.1, 0.15) is 0 Å². The summed E-state index contributed by atoms with van der Waals surface area (Å²) in [5.74, 6) is -0.827. The number of carboxylic acids is 1. The molecule has 1 rings (SSSR count). The predicted molar refractivity (Wildman–Crippen MR) is 51.3 cm³/mol. The van der Waals surface area contributed by atoms with Gasteiger partial charge in [0.15, 0.2) is 0 Å². The summed E-state index contributed by atoms with van der Waals surface area (Å²) in [4.78, 5) is 21.7. The van der Waals surface area contributed by atoms with E-state index in [-0.39, 0.29) is 12.1 Å². The number of rotatable bonds is 4. The van der Waals surface area contributed by atoms with Crippen molar-refractivity contribution in [2.45, 2.75) is 26.3 Å². The van der Waals surface area contributed by atoms with Crippen LogP contribution in [0.4, 0.5) is 0 Å². The first-order valence-corrected chi connectivity index (χ1v) is 4.47. The fourth-order valence-electron chi connectivity index (χ4n) is 1.41. The van der Waals surface area contributed by atoms with Gasteiger partial charge < -0.3 is 9.67 Å². The summed E-state index contributed by atoms with van der Waals surface area (Å²) in [5, 5.41) is 8.44. The average Bonchev–Trinajstić information content (AvgIpc) is 2.31. The van der Waals surface area contributed by atoms with Crippen LogP contribution >= 0.6 is 0 Å². The number of aromatic nitrogens is 2. The van der Waals surface area contributed by atoms with Crippen LogP contribution < -0.4 is 5.69 Å². The number of carboxylic acid groups (broad SMARTS) is 1. The molecule has 0 aliphatic heterocycles. The lowest BCUT2D eigenvalue weighted by Gasteiger charge is -2.01. The van der Waals surface area contributed by atoms with Crippen molar-refractivity contribution in [1.29, 1.82) is 0 Å². The molecule has 0 fully saturated rings. The van der Waals surface area contributed by atoms with Crippen molar-refractivity contribution in [3.05, 3.63) is 22.4 Å². The maximum absolute atomic E-state index is 11.4. The lowest BCUT2D eigenvalue weighted by molar-refractivity contribution is -0.137. The van der Waals surface area contributed by atoms with E-state index in [0.717, 1.165) is 5.69 Å². The number of hydrogen-bond acceptors (Lipinski definition) is 2. The Hall–Kier alpha value is -1.52. The highest BCUT2D eigenvalue weighted by Crippen LogP contribution is 1.98. The second-order valence-electron chi connectivity index (χ2n) is 3.31. The van der Waals surface area contributed by atoms with Crippen LogP contribution in [0.5, 0.6) is 0 Å². The molecule has 0 saturated heterocycles. The lowest BCUT2D eigenvalue weighted by Crippen LogP contribution is -2.23. The number of aliphatic carboxylic acids is 1. The molecule has 0 amide bonds. The summed E-state index contributed by atoms with van der Waals surface area (Å²) in [7, 11) is 1.68. The quantitative estimate of drug-likeness (QED) is 0.759. The molecule has 0 bridgehead atoms. The molecule has 1 N–H and O–H groups in total. The molecule has 0 atom stereocenters. The largest absolute Gasteiger partial charge is 0.481 e. The smallest absolute Gasteiger partial charge is 0.328 e. The Morgan fingerprint density at radius 3 is 2.64 bits per heavy atom. The zero-order valence-electron chi connectivity index (χ0n) is 8.36. The normalized spacial score (nSPS) is 10.4. The van der Waals surface area contributed by atoms with E-state index >= 15 is 0 Å². The number of carbonyl (C=O) groups is 1. The summed E-state index contributed by atoms with van der Waals surface area (Å²) in [6.07, 6.45) is 2.32. The van der Waals surface area contributed by atoms with Crippen molar-refractivity contribution in [1.82, 2.24) is 9.13 Å². The molecule has 0 aliphatic rings. The minimum atomic E-state index is -0.827. The molecule has 5 nitrogen and oxygen atoms in total. The Morgan fingerprint density at radius 1 is 1.57 bits per heavy atom. The molecule has 1 aromatic rings. The molecule has 0 saturated carbocycles. The Balaban J connectivity index is 2.67. The highest BCUT2D eigenvalue weighted by molar-refractivity contribution is 5.66. The van der Waals surface area contributed by atoms with E-state index in [4.69, 9.17) is 5.11 Å². The van der Waals surface area contributed by atoms with Crippen molar-refractivity contribution in [2.24, 2.45) is 7.05 Å². The van der Waals surface area contributed by atoms with Crippen molar-refractivity contribution in [3.63, 3.8) is 0 Å². The topological polar surface area (TPSA) is 64.2 Å². The third-order valence-corrected chi connectivity index (χ3v) is 2.11. The maximum atomic E-state index is 11.4. The minimum absolute atomic E-state index is 0.0899. The van der Waals surface area contributed by atoms with Crippen molar-refractivity contribution in [3.8, 4) is 0 Å². The summed E-state index contributed by atoms with van der Waals surface area (Å²) >= 11 is 0. The third-order valence-electron chi connectivity index (χ3n) is 2.11. The van der Waals surface area contributed by atoms with Crippen LogP contribution in [0.15, 0.2) is 11.0 Å². The summed E-state index contributed by atoms with van der Waals surface area (Å²) in [6, 6.07) is 0. The van der Waals surface area contributed by atoms with Gasteiger partial charge in [-0.25, -0.2) is 4.79 Å². The van der Waals surface area contributed by atoms with Crippen molar-refractivity contribution >= 4 is 5.97 Å². The van der Waals surface area contributed by atoms with Crippen molar-refractivity contribution < 1.29 is 9.90 Å². The van der Waals surface area contributed by atoms with Gasteiger partial charge in [0.05, 0.1) is 0 Å². The summed E-state index contributed by atoms with van der Waals surface area (Å²) < 4.78 is 3.08. The van der Waals surface area contributed by atoms with E-state index < -0.39 is 5.97 Å². The Kier molecular flexibility index (Phi) is 3.11. The molecule has 0 aliphatic carbocycles. The fraction of sp³-hybridized carbons (Fsp3) is 0.556. The van der Waals surface area contributed by atoms with Crippen LogP contribution in [0.3, 0.4) is 0 Å². The molecule has 0 aromatic carbocycles. The highest BCUT2D eigenvalue weighted by Gasteiger charge is 2.05. The molecule has 0 radical (unpaired) electrons. The zero-order valence-corrected chi connectivity index (χ0v) is 8.36. The van der Waals surface area contributed by atoms with Crippen LogP contribution in [0.1, 0.15) is 18.5 Å². The molecule has 0 unspecified atom stereocenters. The van der Waals surface area contributed by atoms with Crippen LogP contribution in [0.2, 0.25) is 0 Å². The SMILES string of the molecule is Cc1cn(C)c(=O)n1CCCC(=O)O. The van der Waals surface area contributed by atoms with E-state index in [0.29, 0.717) is 13.0 Å². The first kappa shape index (κ1) is 10.6. The van der Waals surface area contributed by atoms with E-state index in [1.807, 2.05) is 6.92 Å². The van der Waals surface area contributed by atoms with Crippen LogP contribution in [-0.4, -0.2) is 20.2 Å². The maximum Gasteiger partial charge on any atom is 0.328 e. The average molecular weight is 198 g/mol. The number of aryl methyl sites for hydroxylation is 2. The van der Waals surface area contributed by atoms with Gasteiger partial charge >= 0.3 is 11.7 Å². The van der Waals surface area contributed by atoms with E-state index in [1.54, 1.807) is 17.8 Å². The van der Waals surface area contributed by atoms with Gasteiger partial charge in [-0.15, -0.1) is 0 Å². The minimum Gasteiger partial charge on any atom is -0.481 e. The Morgan fingerprint density at radius 2 is 2.21 bits per heavy atom. The second-order valence-corrected chi connectivity index (χ2v) is 3.31. The van der Waals surface area contributed by atoms with Crippen LogP contribution in [0.25, 0.3) is 0 Å². The Bertz CT molecular complexity index is 389. The first-order chi connectivity index (χ1) is 6.52. The van der Waals surface area contributed by atoms with E-state index in [1.165, 1.54) is 4.57 Å². The molecule has 1 heterocycles. The van der Waals surface area contributed by atoms with Gasteiger partial charge in [0, 0.05) is 31.9 Å². The molecular weight excluding hydrogens is 184 g/mol. The van der Waals surface area contributed by atoms with Gasteiger partial charge in [-0.2, -0.15) is 0 Å². The van der Waals surface area contributed by atoms with Gasteiger partial charge in [-0.05, 0) is 13.3 Å². The third kappa shape index (κ3) is 2.25. The lowest BCUT2D eigenvalue weighted by atomic mass is 10.3. The second kappa shape index (κ2) is 4.13. The Labute approximate surface area is 81.6 Å². The van der Waals surface area contributed by atoms with E-state index in [2.05, 4.69) is 0 Å². The monoisotopic (exact) mass is 198 g/mol. The molecule has 1 aromatic heterocycles. The van der Waals surface area contributed by atoms with Crippen molar-refractivity contribution in [2.75, 3.05) is 0 Å². The van der Waals surface area contributed by atoms with Crippen LogP contribution in [-0.2, 0) is 18.4 Å². The van der Waals surface area contributed by atoms with Gasteiger partial charge in [-0.3, -0.25) is 9.36 Å². The summed E-state index contributed by atoms with van der Waals surface area (Å²) in [6.45, 7) is 2.31. The van der Waals surface area contributed by atoms with Gasteiger partial charge in [-0.1, -0.05) is 0 Å².